The van der Waals surface area contributed by atoms with Crippen LogP contribution in [0, 0.1) is 6.92 Å². The minimum atomic E-state index is -2.62. The van der Waals surface area contributed by atoms with Gasteiger partial charge in [-0.05, 0) is 53.3 Å². The number of nitrogens with zero attached hydrogens (tertiary/aromatic N) is 1. The van der Waals surface area contributed by atoms with Crippen molar-refractivity contribution in [2.24, 2.45) is 7.05 Å². The fourth-order valence-corrected chi connectivity index (χ4v) is 4.07. The Morgan fingerprint density at radius 2 is 1.89 bits per heavy atom. The maximum Gasteiger partial charge on any atom is 0.253 e. The predicted octanol–water partition coefficient (Wildman–Crippen LogP) is 3.73. The number of rotatable bonds is 4. The zero-order valence-electron chi connectivity index (χ0n) is 16.1. The van der Waals surface area contributed by atoms with Crippen molar-refractivity contribution in [2.45, 2.75) is 57.7 Å². The molecule has 1 aromatic heterocycles. The number of Topliss-reactive ketones (excluding diaryl/α,β-unsaturated/α-hetero) is 1. The van der Waals surface area contributed by atoms with E-state index in [0.717, 1.165) is 27.8 Å². The molecular formula is C22H23F2NO3. The molecule has 2 aliphatic rings. The van der Waals surface area contributed by atoms with Gasteiger partial charge < -0.3 is 9.30 Å². The average Bonchev–Trinajstić information content (AvgIpc) is 2.61. The fourth-order valence-electron chi connectivity index (χ4n) is 4.07. The Bertz CT molecular complexity index is 975. The van der Waals surface area contributed by atoms with Crippen molar-refractivity contribution in [3.8, 4) is 11.1 Å². The molecule has 0 aliphatic heterocycles. The van der Waals surface area contributed by atoms with Gasteiger partial charge in [-0.25, -0.2) is 8.78 Å². The molecule has 28 heavy (non-hydrogen) atoms. The SMILES string of the molecule is Cc1cc(-c2cc3c(c(COC4CC(F)(F)C4)c2)CC(=O)CC3)cn(C)c1=O. The topological polar surface area (TPSA) is 48.3 Å². The minimum absolute atomic E-state index is 0.0400. The van der Waals surface area contributed by atoms with Crippen molar-refractivity contribution in [1.82, 2.24) is 4.57 Å². The van der Waals surface area contributed by atoms with Crippen molar-refractivity contribution in [2.75, 3.05) is 0 Å². The largest absolute Gasteiger partial charge is 0.373 e. The van der Waals surface area contributed by atoms with Crippen LogP contribution in [0.5, 0.6) is 0 Å². The van der Waals surface area contributed by atoms with E-state index in [4.69, 9.17) is 4.74 Å². The number of hydrogen-bond acceptors (Lipinski definition) is 3. The lowest BCUT2D eigenvalue weighted by Crippen LogP contribution is -2.41. The molecule has 148 valence electrons. The summed E-state index contributed by atoms with van der Waals surface area (Å²) in [6.07, 6.45) is 2.41. The summed E-state index contributed by atoms with van der Waals surface area (Å²) in [4.78, 5) is 24.0. The Hall–Kier alpha value is -2.34. The summed E-state index contributed by atoms with van der Waals surface area (Å²) in [7, 11) is 1.72. The van der Waals surface area contributed by atoms with E-state index in [9.17, 15) is 18.4 Å². The van der Waals surface area contributed by atoms with E-state index in [0.29, 0.717) is 24.8 Å². The highest BCUT2D eigenvalue weighted by Crippen LogP contribution is 2.40. The number of alkyl halides is 2. The van der Waals surface area contributed by atoms with Gasteiger partial charge in [-0.15, -0.1) is 0 Å². The first-order valence-corrected chi connectivity index (χ1v) is 9.55. The highest BCUT2D eigenvalue weighted by Gasteiger charge is 2.46. The number of aromatic nitrogens is 1. The Labute approximate surface area is 162 Å². The minimum Gasteiger partial charge on any atom is -0.373 e. The summed E-state index contributed by atoms with van der Waals surface area (Å²) in [6, 6.07) is 5.89. The highest BCUT2D eigenvalue weighted by molar-refractivity contribution is 5.84. The van der Waals surface area contributed by atoms with Crippen molar-refractivity contribution >= 4 is 5.78 Å². The third-order valence-corrected chi connectivity index (χ3v) is 5.70. The Morgan fingerprint density at radius 1 is 1.14 bits per heavy atom. The zero-order chi connectivity index (χ0) is 20.1. The number of fused-ring (bicyclic) bond motifs is 1. The number of benzene rings is 1. The molecule has 0 spiro atoms. The van der Waals surface area contributed by atoms with Crippen LogP contribution in [0.15, 0.2) is 29.2 Å². The van der Waals surface area contributed by atoms with Crippen LogP contribution < -0.4 is 5.56 Å². The first kappa shape index (κ1) is 19.0. The Morgan fingerprint density at radius 3 is 2.57 bits per heavy atom. The van der Waals surface area contributed by atoms with Gasteiger partial charge >= 0.3 is 0 Å². The van der Waals surface area contributed by atoms with Crippen LogP contribution in [0.3, 0.4) is 0 Å². The molecule has 2 aliphatic carbocycles. The molecule has 2 aromatic rings. The van der Waals surface area contributed by atoms with E-state index in [1.807, 2.05) is 12.1 Å². The predicted molar refractivity (Wildman–Crippen MR) is 102 cm³/mol. The fraction of sp³-hybridized carbons (Fsp3) is 0.455. The Balaban J connectivity index is 1.68. The molecule has 0 amide bonds. The third kappa shape index (κ3) is 3.65. The summed E-state index contributed by atoms with van der Waals surface area (Å²) >= 11 is 0. The summed E-state index contributed by atoms with van der Waals surface area (Å²) in [5.74, 6) is -2.43. The molecule has 1 fully saturated rings. The van der Waals surface area contributed by atoms with E-state index in [-0.39, 0.29) is 30.8 Å². The van der Waals surface area contributed by atoms with Crippen LogP contribution in [-0.2, 0) is 36.0 Å². The molecule has 1 saturated carbocycles. The lowest BCUT2D eigenvalue weighted by atomic mass is 9.85. The first-order chi connectivity index (χ1) is 13.2. The smallest absolute Gasteiger partial charge is 0.253 e. The number of carbonyl (C=O) groups is 1. The molecule has 0 radical (unpaired) electrons. The normalized spacial score (nSPS) is 18.6. The van der Waals surface area contributed by atoms with Crippen molar-refractivity contribution < 1.29 is 18.3 Å². The number of aryl methyl sites for hydroxylation is 3. The maximum absolute atomic E-state index is 13.1. The van der Waals surface area contributed by atoms with Crippen LogP contribution in [0.2, 0.25) is 0 Å². The molecule has 0 saturated heterocycles. The monoisotopic (exact) mass is 387 g/mol. The van der Waals surface area contributed by atoms with Crippen molar-refractivity contribution in [1.29, 1.82) is 0 Å². The number of pyridine rings is 1. The van der Waals surface area contributed by atoms with Gasteiger partial charge in [0.05, 0.1) is 12.7 Å². The number of ketones is 1. The average molecular weight is 387 g/mol. The Kier molecular flexibility index (Phi) is 4.70. The molecule has 4 rings (SSSR count). The van der Waals surface area contributed by atoms with E-state index in [1.165, 1.54) is 0 Å². The van der Waals surface area contributed by atoms with Gasteiger partial charge in [0.15, 0.2) is 0 Å². The third-order valence-electron chi connectivity index (χ3n) is 5.70. The van der Waals surface area contributed by atoms with Gasteiger partial charge in [0.25, 0.3) is 11.5 Å². The standard InChI is InChI=1S/C22H23F2NO3/c1-13-5-16(11-25(2)21(13)27)15-6-14-3-4-18(26)8-20(14)17(7-15)12-28-19-9-22(23,24)10-19/h5-7,11,19H,3-4,8-10,12H2,1-2H3. The molecule has 0 N–H and O–H groups in total. The summed E-state index contributed by atoms with van der Waals surface area (Å²) in [5, 5.41) is 0. The molecule has 1 aromatic carbocycles. The number of hydrogen-bond donors (Lipinski definition) is 0. The second kappa shape index (κ2) is 6.92. The van der Waals surface area contributed by atoms with Gasteiger partial charge in [-0.1, -0.05) is 6.07 Å². The van der Waals surface area contributed by atoms with Gasteiger partial charge in [-0.3, -0.25) is 9.59 Å². The molecule has 1 heterocycles. The van der Waals surface area contributed by atoms with E-state index in [2.05, 4.69) is 6.07 Å². The van der Waals surface area contributed by atoms with Gasteiger partial charge in [0.1, 0.15) is 5.78 Å². The van der Waals surface area contributed by atoms with Crippen LogP contribution in [0.25, 0.3) is 11.1 Å². The van der Waals surface area contributed by atoms with E-state index < -0.39 is 12.0 Å². The van der Waals surface area contributed by atoms with Crippen LogP contribution in [-0.4, -0.2) is 22.4 Å². The first-order valence-electron chi connectivity index (χ1n) is 9.55. The number of carbonyl (C=O) groups excluding carboxylic acids is 1. The maximum atomic E-state index is 13.1. The van der Waals surface area contributed by atoms with E-state index in [1.54, 1.807) is 24.7 Å². The van der Waals surface area contributed by atoms with Crippen molar-refractivity contribution in [3.05, 3.63) is 57.0 Å². The quantitative estimate of drug-likeness (QED) is 0.803. The zero-order valence-corrected chi connectivity index (χ0v) is 16.1. The lowest BCUT2D eigenvalue weighted by Gasteiger charge is -2.35. The second-order valence-corrected chi connectivity index (χ2v) is 8.01. The van der Waals surface area contributed by atoms with Gasteiger partial charge in [0.2, 0.25) is 0 Å². The van der Waals surface area contributed by atoms with Crippen LogP contribution >= 0.6 is 0 Å². The number of halogens is 2. The lowest BCUT2D eigenvalue weighted by molar-refractivity contribution is -0.169. The van der Waals surface area contributed by atoms with Crippen LogP contribution in [0.1, 0.15) is 41.5 Å². The number of ether oxygens (including phenoxy) is 1. The summed E-state index contributed by atoms with van der Waals surface area (Å²) in [5.41, 5.74) is 5.42. The molecule has 4 nitrogen and oxygen atoms in total. The van der Waals surface area contributed by atoms with Crippen LogP contribution in [0.4, 0.5) is 8.78 Å². The molecular weight excluding hydrogens is 364 g/mol. The molecule has 6 heteroatoms. The summed E-state index contributed by atoms with van der Waals surface area (Å²) < 4.78 is 33.4. The molecule has 0 bridgehead atoms. The van der Waals surface area contributed by atoms with Gasteiger partial charge in [0, 0.05) is 44.5 Å². The second-order valence-electron chi connectivity index (χ2n) is 8.01. The van der Waals surface area contributed by atoms with Gasteiger partial charge in [-0.2, -0.15) is 0 Å². The molecule has 0 atom stereocenters. The highest BCUT2D eigenvalue weighted by atomic mass is 19.3. The molecule has 0 unspecified atom stereocenters. The summed E-state index contributed by atoms with van der Waals surface area (Å²) in [6.45, 7) is 2.00. The van der Waals surface area contributed by atoms with E-state index >= 15 is 0 Å². The van der Waals surface area contributed by atoms with Crippen molar-refractivity contribution in [3.63, 3.8) is 0 Å².